The highest BCUT2D eigenvalue weighted by Crippen LogP contribution is 2.32. The molecule has 0 aliphatic carbocycles. The third-order valence-corrected chi connectivity index (χ3v) is 4.84. The largest absolute Gasteiger partial charge is 0.484 e. The molecule has 9 heteroatoms. The van der Waals surface area contributed by atoms with E-state index in [0.29, 0.717) is 5.69 Å². The number of nitrogens with one attached hydrogen (secondary N) is 1. The van der Waals surface area contributed by atoms with Crippen LogP contribution < -0.4 is 10.1 Å². The summed E-state index contributed by atoms with van der Waals surface area (Å²) in [5.74, 6) is -0.244. The van der Waals surface area contributed by atoms with E-state index >= 15 is 0 Å². The minimum Gasteiger partial charge on any atom is -0.484 e. The molecule has 0 unspecified atom stereocenters. The van der Waals surface area contributed by atoms with E-state index in [1.165, 1.54) is 23.9 Å². The van der Waals surface area contributed by atoms with Crippen LogP contribution in [0, 0.1) is 0 Å². The van der Waals surface area contributed by atoms with Gasteiger partial charge >= 0.3 is 6.18 Å². The zero-order chi connectivity index (χ0) is 20.1. The van der Waals surface area contributed by atoms with Crippen molar-refractivity contribution in [3.63, 3.8) is 0 Å². The lowest BCUT2D eigenvalue weighted by atomic mass is 10.2. The van der Waals surface area contributed by atoms with Gasteiger partial charge in [0.25, 0.3) is 5.91 Å². The number of hydrogen-bond donors (Lipinski definition) is 1. The van der Waals surface area contributed by atoms with Gasteiger partial charge in [-0.2, -0.15) is 13.2 Å². The van der Waals surface area contributed by atoms with Crippen LogP contribution in [0.3, 0.4) is 0 Å². The van der Waals surface area contributed by atoms with Crippen molar-refractivity contribution in [3.05, 3.63) is 66.5 Å². The maximum absolute atomic E-state index is 12.6. The molecule has 0 bridgehead atoms. The van der Waals surface area contributed by atoms with E-state index in [0.717, 1.165) is 22.2 Å². The van der Waals surface area contributed by atoms with E-state index in [1.807, 2.05) is 29.9 Å². The molecular weight excluding hydrogens is 391 g/mol. The molecular formula is C19H16F3N3O2S. The molecule has 0 aliphatic rings. The van der Waals surface area contributed by atoms with Crippen LogP contribution in [0.25, 0.3) is 0 Å². The molecule has 146 valence electrons. The van der Waals surface area contributed by atoms with Crippen LogP contribution in [-0.4, -0.2) is 22.1 Å². The molecule has 0 spiro atoms. The average Bonchev–Trinajstić information content (AvgIpc) is 3.06. The Morgan fingerprint density at radius 3 is 2.54 bits per heavy atom. The third-order valence-electron chi connectivity index (χ3n) is 3.69. The summed E-state index contributed by atoms with van der Waals surface area (Å²) >= 11 is 1.40. The Hall–Kier alpha value is -2.94. The molecule has 0 aliphatic heterocycles. The number of para-hydroxylation sites is 1. The number of halogens is 3. The number of carbonyl (C=O) groups is 1. The lowest BCUT2D eigenvalue weighted by Crippen LogP contribution is -2.20. The Morgan fingerprint density at radius 1 is 1.18 bits per heavy atom. The normalized spacial score (nSPS) is 11.3. The smallest absolute Gasteiger partial charge is 0.416 e. The Balaban J connectivity index is 1.60. The molecule has 1 heterocycles. The maximum atomic E-state index is 12.6. The lowest BCUT2D eigenvalue weighted by Gasteiger charge is -2.12. The molecule has 2 aromatic carbocycles. The second-order valence-electron chi connectivity index (χ2n) is 5.78. The summed E-state index contributed by atoms with van der Waals surface area (Å²) in [6, 6.07) is 11.4. The van der Waals surface area contributed by atoms with Crippen molar-refractivity contribution >= 4 is 23.4 Å². The number of aromatic nitrogens is 2. The van der Waals surface area contributed by atoms with Crippen LogP contribution in [0.2, 0.25) is 0 Å². The van der Waals surface area contributed by atoms with Gasteiger partial charge in [-0.15, -0.1) is 0 Å². The quantitative estimate of drug-likeness (QED) is 0.649. The molecule has 1 amide bonds. The van der Waals surface area contributed by atoms with Crippen LogP contribution in [0.15, 0.2) is 71.0 Å². The second kappa shape index (κ2) is 8.39. The summed E-state index contributed by atoms with van der Waals surface area (Å²) in [6.45, 7) is -0.327. The van der Waals surface area contributed by atoms with Gasteiger partial charge in [-0.3, -0.25) is 4.79 Å². The third kappa shape index (κ3) is 5.07. The van der Waals surface area contributed by atoms with Crippen LogP contribution in [0.5, 0.6) is 5.75 Å². The van der Waals surface area contributed by atoms with Gasteiger partial charge in [-0.25, -0.2) is 4.98 Å². The molecule has 0 atom stereocenters. The lowest BCUT2D eigenvalue weighted by molar-refractivity contribution is -0.137. The Kier molecular flexibility index (Phi) is 5.93. The van der Waals surface area contributed by atoms with Crippen molar-refractivity contribution in [2.45, 2.75) is 16.2 Å². The van der Waals surface area contributed by atoms with E-state index in [1.54, 1.807) is 18.3 Å². The highest BCUT2D eigenvalue weighted by molar-refractivity contribution is 7.99. The van der Waals surface area contributed by atoms with Crippen LogP contribution >= 0.6 is 11.8 Å². The zero-order valence-electron chi connectivity index (χ0n) is 14.7. The van der Waals surface area contributed by atoms with Gasteiger partial charge in [0.05, 0.1) is 11.3 Å². The van der Waals surface area contributed by atoms with Crippen molar-refractivity contribution in [2.24, 2.45) is 7.05 Å². The topological polar surface area (TPSA) is 56.2 Å². The van der Waals surface area contributed by atoms with Crippen LogP contribution in [0.1, 0.15) is 5.56 Å². The molecule has 5 nitrogen and oxygen atoms in total. The fraction of sp³-hybridized carbons (Fsp3) is 0.158. The summed E-state index contributed by atoms with van der Waals surface area (Å²) in [7, 11) is 1.87. The van der Waals surface area contributed by atoms with Crippen molar-refractivity contribution < 1.29 is 22.7 Å². The number of hydrogen-bond acceptors (Lipinski definition) is 4. The zero-order valence-corrected chi connectivity index (χ0v) is 15.6. The molecule has 1 N–H and O–H groups in total. The van der Waals surface area contributed by atoms with Gasteiger partial charge in [0.1, 0.15) is 5.75 Å². The molecule has 3 rings (SSSR count). The van der Waals surface area contributed by atoms with E-state index in [2.05, 4.69) is 10.3 Å². The van der Waals surface area contributed by atoms with E-state index < -0.39 is 17.6 Å². The first-order chi connectivity index (χ1) is 13.3. The first-order valence-corrected chi connectivity index (χ1v) is 8.99. The minimum absolute atomic E-state index is 0.179. The Bertz CT molecular complexity index is 956. The average molecular weight is 407 g/mol. The molecule has 28 heavy (non-hydrogen) atoms. The summed E-state index contributed by atoms with van der Waals surface area (Å²) < 4.78 is 44.8. The monoisotopic (exact) mass is 407 g/mol. The van der Waals surface area contributed by atoms with Crippen molar-refractivity contribution in [1.82, 2.24) is 9.55 Å². The number of anilines is 1. The Morgan fingerprint density at radius 2 is 1.89 bits per heavy atom. The minimum atomic E-state index is -4.41. The number of ether oxygens (including phenoxy) is 1. The number of aryl methyl sites for hydroxylation is 1. The SMILES string of the molecule is Cn1ccnc1Sc1ccccc1NC(=O)COc1ccc(C(F)(F)F)cc1. The van der Waals surface area contributed by atoms with Gasteiger partial charge in [-0.1, -0.05) is 12.1 Å². The number of benzene rings is 2. The number of imidazole rings is 1. The molecule has 0 saturated heterocycles. The van der Waals surface area contributed by atoms with Gasteiger partial charge in [0, 0.05) is 24.3 Å². The van der Waals surface area contributed by atoms with Crippen molar-refractivity contribution in [1.29, 1.82) is 0 Å². The fourth-order valence-electron chi connectivity index (χ4n) is 2.28. The van der Waals surface area contributed by atoms with E-state index in [-0.39, 0.29) is 12.4 Å². The number of nitrogens with zero attached hydrogens (tertiary/aromatic N) is 2. The van der Waals surface area contributed by atoms with Gasteiger partial charge < -0.3 is 14.6 Å². The highest BCUT2D eigenvalue weighted by Gasteiger charge is 2.30. The van der Waals surface area contributed by atoms with E-state index in [4.69, 9.17) is 4.74 Å². The maximum Gasteiger partial charge on any atom is 0.416 e. The molecule has 0 fully saturated rings. The number of rotatable bonds is 6. The van der Waals surface area contributed by atoms with E-state index in [9.17, 15) is 18.0 Å². The van der Waals surface area contributed by atoms with Crippen molar-refractivity contribution in [2.75, 3.05) is 11.9 Å². The van der Waals surface area contributed by atoms with Gasteiger partial charge in [-0.05, 0) is 48.2 Å². The predicted octanol–water partition coefficient (Wildman–Crippen LogP) is 4.61. The summed E-state index contributed by atoms with van der Waals surface area (Å²) in [4.78, 5) is 17.2. The molecule has 1 aromatic heterocycles. The second-order valence-corrected chi connectivity index (χ2v) is 6.79. The van der Waals surface area contributed by atoms with Crippen LogP contribution in [-0.2, 0) is 18.0 Å². The number of amides is 1. The van der Waals surface area contributed by atoms with Crippen LogP contribution in [0.4, 0.5) is 18.9 Å². The molecule has 0 saturated carbocycles. The molecule has 3 aromatic rings. The predicted molar refractivity (Wildman–Crippen MR) is 99.3 cm³/mol. The summed E-state index contributed by atoms with van der Waals surface area (Å²) in [5, 5.41) is 3.51. The van der Waals surface area contributed by atoms with Gasteiger partial charge in [0.15, 0.2) is 11.8 Å². The first-order valence-electron chi connectivity index (χ1n) is 8.17. The van der Waals surface area contributed by atoms with Crippen molar-refractivity contribution in [3.8, 4) is 5.75 Å². The van der Waals surface area contributed by atoms with Gasteiger partial charge in [0.2, 0.25) is 0 Å². The summed E-state index contributed by atoms with van der Waals surface area (Å²) in [5.41, 5.74) is -0.180. The first kappa shape index (κ1) is 19.8. The standard InChI is InChI=1S/C19H16F3N3O2S/c1-25-11-10-23-18(25)28-16-5-3-2-4-15(16)24-17(26)12-27-14-8-6-13(7-9-14)19(20,21)22/h2-11H,12H2,1H3,(H,24,26). The number of alkyl halides is 3. The molecule has 0 radical (unpaired) electrons. The fourth-order valence-corrected chi connectivity index (χ4v) is 3.17. The summed E-state index contributed by atoms with van der Waals surface area (Å²) in [6.07, 6.45) is -0.909. The highest BCUT2D eigenvalue weighted by atomic mass is 32.2. The Labute approximate surface area is 163 Å². The number of carbonyl (C=O) groups excluding carboxylic acids is 1.